The lowest BCUT2D eigenvalue weighted by Gasteiger charge is -2.36. The molecule has 1 aromatic rings. The van der Waals surface area contributed by atoms with Crippen molar-refractivity contribution in [2.24, 2.45) is 16.6 Å². The minimum atomic E-state index is -0.373. The fourth-order valence-electron chi connectivity index (χ4n) is 3.32. The number of aryl methyl sites for hydroxylation is 1. The Bertz CT molecular complexity index is 472. The molecule has 1 fully saturated rings. The number of halogens is 1. The van der Waals surface area contributed by atoms with Crippen LogP contribution in [-0.2, 0) is 6.42 Å². The second-order valence-electron chi connectivity index (χ2n) is 6.73. The van der Waals surface area contributed by atoms with E-state index >= 15 is 0 Å². The molecule has 0 aliphatic heterocycles. The Morgan fingerprint density at radius 1 is 1.37 bits per heavy atom. The molecule has 1 aromatic carbocycles. The van der Waals surface area contributed by atoms with Crippen molar-refractivity contribution in [3.63, 3.8) is 0 Å². The summed E-state index contributed by atoms with van der Waals surface area (Å²) in [6, 6.07) is 6.11. The molecule has 1 aliphatic carbocycles. The molecule has 3 N–H and O–H groups in total. The van der Waals surface area contributed by atoms with Crippen molar-refractivity contribution in [2.75, 3.05) is 6.54 Å². The zero-order valence-electron chi connectivity index (χ0n) is 12.0. The van der Waals surface area contributed by atoms with Gasteiger partial charge in [0.15, 0.2) is 0 Å². The third-order valence-corrected chi connectivity index (χ3v) is 5.10. The van der Waals surface area contributed by atoms with E-state index in [4.69, 9.17) is 17.3 Å². The number of hydrogen-bond acceptors (Lipinski definition) is 2. The van der Waals surface area contributed by atoms with Crippen LogP contribution in [0.1, 0.15) is 37.8 Å². The molecule has 2 atom stereocenters. The summed E-state index contributed by atoms with van der Waals surface area (Å²) >= 11 is 6.32. The molecule has 0 heterocycles. The number of aliphatic hydroxyl groups excluding tert-OH is 1. The first-order valence-electron chi connectivity index (χ1n) is 6.94. The van der Waals surface area contributed by atoms with Crippen LogP contribution < -0.4 is 5.73 Å². The summed E-state index contributed by atoms with van der Waals surface area (Å²) in [5.74, 6) is 0. The Morgan fingerprint density at radius 2 is 2.05 bits per heavy atom. The lowest BCUT2D eigenvalue weighted by Crippen LogP contribution is -2.44. The van der Waals surface area contributed by atoms with Gasteiger partial charge in [-0.15, -0.1) is 0 Å². The highest BCUT2D eigenvalue weighted by Gasteiger charge is 2.50. The highest BCUT2D eigenvalue weighted by molar-refractivity contribution is 6.31. The van der Waals surface area contributed by atoms with Crippen LogP contribution in [0.4, 0.5) is 0 Å². The van der Waals surface area contributed by atoms with E-state index in [9.17, 15) is 5.11 Å². The third kappa shape index (κ3) is 2.67. The van der Waals surface area contributed by atoms with Crippen LogP contribution in [0.2, 0.25) is 5.02 Å². The Labute approximate surface area is 121 Å². The van der Waals surface area contributed by atoms with E-state index in [-0.39, 0.29) is 16.9 Å². The average Bonchev–Trinajstić information content (AvgIpc) is 2.57. The van der Waals surface area contributed by atoms with Gasteiger partial charge in [-0.1, -0.05) is 37.6 Å². The van der Waals surface area contributed by atoms with Crippen LogP contribution in [0.3, 0.4) is 0 Å². The maximum absolute atomic E-state index is 10.7. The quantitative estimate of drug-likeness (QED) is 0.893. The van der Waals surface area contributed by atoms with Crippen LogP contribution in [0, 0.1) is 17.8 Å². The molecular weight excluding hydrogens is 258 g/mol. The smallest absolute Gasteiger partial charge is 0.0662 e. The van der Waals surface area contributed by atoms with Gasteiger partial charge in [-0.3, -0.25) is 0 Å². The molecule has 0 radical (unpaired) electrons. The van der Waals surface area contributed by atoms with Gasteiger partial charge in [-0.2, -0.15) is 0 Å². The number of nitrogens with two attached hydrogens (primary N) is 1. The number of aliphatic hydroxyl groups is 1. The first-order chi connectivity index (χ1) is 8.81. The van der Waals surface area contributed by atoms with E-state index in [0.717, 1.165) is 35.4 Å². The zero-order chi connectivity index (χ0) is 14.3. The monoisotopic (exact) mass is 281 g/mol. The van der Waals surface area contributed by atoms with Gasteiger partial charge >= 0.3 is 0 Å². The molecule has 2 unspecified atom stereocenters. The Balaban J connectivity index is 2.29. The molecule has 2 nitrogen and oxygen atoms in total. The van der Waals surface area contributed by atoms with Gasteiger partial charge in [0.1, 0.15) is 0 Å². The van der Waals surface area contributed by atoms with Crippen LogP contribution in [0.25, 0.3) is 0 Å². The molecule has 0 amide bonds. The van der Waals surface area contributed by atoms with Gasteiger partial charge in [0.2, 0.25) is 0 Å². The first-order valence-corrected chi connectivity index (χ1v) is 7.32. The number of rotatable bonds is 3. The van der Waals surface area contributed by atoms with Crippen molar-refractivity contribution in [3.8, 4) is 0 Å². The summed E-state index contributed by atoms with van der Waals surface area (Å²) in [4.78, 5) is 0. The van der Waals surface area contributed by atoms with Crippen molar-refractivity contribution < 1.29 is 5.11 Å². The molecule has 19 heavy (non-hydrogen) atoms. The lowest BCUT2D eigenvalue weighted by molar-refractivity contribution is -0.00462. The Kier molecular flexibility index (Phi) is 3.97. The number of hydrogen-bond donors (Lipinski definition) is 2. The summed E-state index contributed by atoms with van der Waals surface area (Å²) in [7, 11) is 0. The van der Waals surface area contributed by atoms with Gasteiger partial charge in [0.25, 0.3) is 0 Å². The molecule has 0 saturated heterocycles. The number of benzene rings is 1. The zero-order valence-corrected chi connectivity index (χ0v) is 12.8. The molecule has 1 saturated carbocycles. The minimum absolute atomic E-state index is 0.0590. The summed E-state index contributed by atoms with van der Waals surface area (Å²) in [5, 5.41) is 11.4. The SMILES string of the molecule is Cc1ccc(CC2(CN)CCC(C)(C)C2O)c(Cl)c1. The standard InChI is InChI=1S/C16H24ClNO/c1-11-4-5-12(13(17)8-11)9-16(10-18)7-6-15(2,3)14(16)19/h4-5,8,14,19H,6-7,9-10,18H2,1-3H3. The highest BCUT2D eigenvalue weighted by atomic mass is 35.5. The Hall–Kier alpha value is -0.570. The van der Waals surface area contributed by atoms with Crippen molar-refractivity contribution in [1.29, 1.82) is 0 Å². The maximum atomic E-state index is 10.7. The second-order valence-corrected chi connectivity index (χ2v) is 7.14. The van der Waals surface area contributed by atoms with E-state index in [1.807, 2.05) is 13.0 Å². The second kappa shape index (κ2) is 5.08. The fraction of sp³-hybridized carbons (Fsp3) is 0.625. The summed E-state index contributed by atoms with van der Waals surface area (Å²) in [6.07, 6.45) is 2.35. The van der Waals surface area contributed by atoms with Crippen molar-refractivity contribution in [3.05, 3.63) is 34.3 Å². The lowest BCUT2D eigenvalue weighted by atomic mass is 9.74. The average molecular weight is 282 g/mol. The molecule has 0 aromatic heterocycles. The molecule has 0 bridgehead atoms. The van der Waals surface area contributed by atoms with Gasteiger partial charge in [0.05, 0.1) is 6.10 Å². The van der Waals surface area contributed by atoms with Crippen molar-refractivity contribution >= 4 is 11.6 Å². The summed E-state index contributed by atoms with van der Waals surface area (Å²) in [6.45, 7) is 6.77. The van der Waals surface area contributed by atoms with Gasteiger partial charge in [-0.05, 0) is 48.8 Å². The summed E-state index contributed by atoms with van der Waals surface area (Å²) < 4.78 is 0. The maximum Gasteiger partial charge on any atom is 0.0662 e. The van der Waals surface area contributed by atoms with Crippen LogP contribution in [-0.4, -0.2) is 17.8 Å². The van der Waals surface area contributed by atoms with Crippen LogP contribution in [0.15, 0.2) is 18.2 Å². The predicted molar refractivity (Wildman–Crippen MR) is 80.4 cm³/mol. The Morgan fingerprint density at radius 3 is 2.53 bits per heavy atom. The largest absolute Gasteiger partial charge is 0.392 e. The fourth-order valence-corrected chi connectivity index (χ4v) is 3.62. The van der Waals surface area contributed by atoms with Gasteiger partial charge in [-0.25, -0.2) is 0 Å². The molecule has 2 rings (SSSR count). The van der Waals surface area contributed by atoms with E-state index in [2.05, 4.69) is 26.0 Å². The molecular formula is C16H24ClNO. The normalized spacial score (nSPS) is 29.7. The minimum Gasteiger partial charge on any atom is -0.392 e. The van der Waals surface area contributed by atoms with Crippen LogP contribution >= 0.6 is 11.6 Å². The van der Waals surface area contributed by atoms with E-state index in [1.54, 1.807) is 0 Å². The topological polar surface area (TPSA) is 46.2 Å². The van der Waals surface area contributed by atoms with E-state index < -0.39 is 0 Å². The van der Waals surface area contributed by atoms with Gasteiger partial charge < -0.3 is 10.8 Å². The van der Waals surface area contributed by atoms with Crippen molar-refractivity contribution in [1.82, 2.24) is 0 Å². The third-order valence-electron chi connectivity index (χ3n) is 4.75. The molecule has 1 aliphatic rings. The predicted octanol–water partition coefficient (Wildman–Crippen LogP) is 3.32. The van der Waals surface area contributed by atoms with Crippen molar-refractivity contribution in [2.45, 2.75) is 46.1 Å². The van der Waals surface area contributed by atoms with E-state index in [1.165, 1.54) is 0 Å². The summed E-state index contributed by atoms with van der Waals surface area (Å²) in [5.41, 5.74) is 7.96. The van der Waals surface area contributed by atoms with E-state index in [0.29, 0.717) is 6.54 Å². The first kappa shape index (κ1) is 14.8. The van der Waals surface area contributed by atoms with Gasteiger partial charge in [0, 0.05) is 17.0 Å². The van der Waals surface area contributed by atoms with Crippen LogP contribution in [0.5, 0.6) is 0 Å². The molecule has 106 valence electrons. The highest BCUT2D eigenvalue weighted by Crippen LogP contribution is 2.50. The molecule has 0 spiro atoms. The molecule has 3 heteroatoms.